The van der Waals surface area contributed by atoms with Gasteiger partial charge in [-0.2, -0.15) is 30.7 Å². The van der Waals surface area contributed by atoms with Crippen molar-refractivity contribution in [3.05, 3.63) is 11.9 Å². The van der Waals surface area contributed by atoms with E-state index < -0.39 is 36.6 Å². The predicted octanol–water partition coefficient (Wildman–Crippen LogP) is 2.80. The molecule has 0 aliphatic heterocycles. The molecule has 0 aromatic rings. The summed E-state index contributed by atoms with van der Waals surface area (Å²) in [6.07, 6.45) is -9.06. The molecule has 0 unspecified atom stereocenters. The zero-order valence-corrected chi connectivity index (χ0v) is 7.05. The van der Waals surface area contributed by atoms with E-state index in [-0.39, 0.29) is 0 Å². The van der Waals surface area contributed by atoms with Gasteiger partial charge in [0.2, 0.25) is 0 Å². The van der Waals surface area contributed by atoms with Crippen molar-refractivity contribution >= 4 is 5.97 Å². The Morgan fingerprint density at radius 3 is 1.81 bits per heavy atom. The van der Waals surface area contributed by atoms with Gasteiger partial charge >= 0.3 is 24.1 Å². The fraction of sp³-hybridized carbons (Fsp3) is 0.500. The normalized spacial score (nSPS) is 12.2. The van der Waals surface area contributed by atoms with Crippen LogP contribution in [0.1, 0.15) is 0 Å². The van der Waals surface area contributed by atoms with Crippen LogP contribution >= 0.6 is 0 Å². The van der Waals surface area contributed by atoms with Crippen molar-refractivity contribution in [3.63, 3.8) is 0 Å². The quantitative estimate of drug-likeness (QED) is 0.440. The third-order valence-electron chi connectivity index (χ3n) is 1.16. The van der Waals surface area contributed by atoms with Crippen molar-refractivity contribution in [1.82, 2.24) is 0 Å². The van der Waals surface area contributed by atoms with Crippen LogP contribution in [0.15, 0.2) is 11.9 Å². The molecule has 16 heavy (non-hydrogen) atoms. The van der Waals surface area contributed by atoms with Crippen LogP contribution in [-0.2, 0) is 9.53 Å². The Balaban J connectivity index is 4.87. The topological polar surface area (TPSA) is 26.3 Å². The van der Waals surface area contributed by atoms with E-state index in [0.717, 1.165) is 0 Å². The van der Waals surface area contributed by atoms with Gasteiger partial charge in [-0.3, -0.25) is 0 Å². The average molecular weight is 258 g/mol. The van der Waals surface area contributed by atoms with Crippen molar-refractivity contribution in [2.75, 3.05) is 6.67 Å². The number of carbonyl (C=O) groups excluding carboxylic acids is 1. The molecule has 0 aliphatic rings. The zero-order chi connectivity index (χ0) is 13.1. The molecular weight excluding hydrogens is 256 g/mol. The van der Waals surface area contributed by atoms with Crippen molar-refractivity contribution in [1.29, 1.82) is 0 Å². The Hall–Kier alpha value is -1.35. The van der Waals surface area contributed by atoms with Crippen LogP contribution in [-0.4, -0.2) is 24.7 Å². The fourth-order valence-electron chi connectivity index (χ4n) is 0.391. The van der Waals surface area contributed by atoms with E-state index in [4.69, 9.17) is 0 Å². The third-order valence-corrected chi connectivity index (χ3v) is 1.16. The molecule has 0 aliphatic carbocycles. The number of alkyl halides is 5. The van der Waals surface area contributed by atoms with Gasteiger partial charge in [-0.05, 0) is 0 Å². The molecule has 0 aromatic heterocycles. The molecule has 94 valence electrons. The lowest BCUT2D eigenvalue weighted by Gasteiger charge is -2.22. The summed E-state index contributed by atoms with van der Waals surface area (Å²) in [5.41, 5.74) is 0. The van der Waals surface area contributed by atoms with Crippen LogP contribution < -0.4 is 0 Å². The lowest BCUT2D eigenvalue weighted by atomic mass is 10.3. The number of halogens is 8. The van der Waals surface area contributed by atoms with Crippen LogP contribution in [0.25, 0.3) is 0 Å². The van der Waals surface area contributed by atoms with Gasteiger partial charge in [-0.1, -0.05) is 0 Å². The highest BCUT2D eigenvalue weighted by atomic mass is 19.3. The van der Waals surface area contributed by atoms with Gasteiger partial charge in [0, 0.05) is 0 Å². The summed E-state index contributed by atoms with van der Waals surface area (Å²) in [5.74, 6) is -11.5. The number of ether oxygens (including phenoxy) is 1. The van der Waals surface area contributed by atoms with Crippen molar-refractivity contribution in [2.24, 2.45) is 0 Å². The molecule has 0 radical (unpaired) electrons. The summed E-state index contributed by atoms with van der Waals surface area (Å²) in [7, 11) is 0. The number of hydrogen-bond acceptors (Lipinski definition) is 2. The van der Waals surface area contributed by atoms with Crippen LogP contribution in [0.3, 0.4) is 0 Å². The van der Waals surface area contributed by atoms with E-state index in [1.165, 1.54) is 0 Å². The minimum Gasteiger partial charge on any atom is -0.391 e. The van der Waals surface area contributed by atoms with E-state index in [1.54, 1.807) is 0 Å². The molecule has 0 N–H and O–H groups in total. The summed E-state index contributed by atoms with van der Waals surface area (Å²) < 4.78 is 96.9. The molecular formula is C6H2F8O2. The maximum atomic E-state index is 12.2. The SMILES string of the molecule is O=C(OC(F)(F)C(F)(F)CF)C(F)=C(F)F. The lowest BCUT2D eigenvalue weighted by Crippen LogP contribution is -2.46. The molecule has 2 nitrogen and oxygen atoms in total. The second kappa shape index (κ2) is 4.66. The molecule has 0 heterocycles. The first-order chi connectivity index (χ1) is 7.05. The highest BCUT2D eigenvalue weighted by Crippen LogP contribution is 2.36. The first-order valence-corrected chi connectivity index (χ1v) is 3.31. The van der Waals surface area contributed by atoms with Gasteiger partial charge in [0.1, 0.15) is 0 Å². The summed E-state index contributed by atoms with van der Waals surface area (Å²) in [4.78, 5) is 10.1. The predicted molar refractivity (Wildman–Crippen MR) is 32.3 cm³/mol. The molecule has 0 saturated heterocycles. The first kappa shape index (κ1) is 14.7. The maximum absolute atomic E-state index is 12.2. The molecule has 0 amide bonds. The second-order valence-electron chi connectivity index (χ2n) is 2.32. The third kappa shape index (κ3) is 3.07. The van der Waals surface area contributed by atoms with E-state index in [1.807, 2.05) is 0 Å². The standard InChI is InChI=1S/C6H2F8O2/c7-1-5(11,12)6(13,14)16-4(15)2(8)3(9)10/h1H2. The van der Waals surface area contributed by atoms with E-state index in [9.17, 15) is 39.9 Å². The van der Waals surface area contributed by atoms with Crippen molar-refractivity contribution in [2.45, 2.75) is 12.0 Å². The average Bonchev–Trinajstić information content (AvgIpc) is 2.15. The van der Waals surface area contributed by atoms with E-state index in [2.05, 4.69) is 4.74 Å². The Bertz CT molecular complexity index is 306. The van der Waals surface area contributed by atoms with E-state index in [0.29, 0.717) is 0 Å². The van der Waals surface area contributed by atoms with Crippen LogP contribution in [0, 0.1) is 0 Å². The Morgan fingerprint density at radius 1 is 1.06 bits per heavy atom. The molecule has 10 heteroatoms. The molecule has 0 atom stereocenters. The number of carbonyl (C=O) groups is 1. The van der Waals surface area contributed by atoms with Crippen molar-refractivity contribution in [3.8, 4) is 0 Å². The summed E-state index contributed by atoms with van der Waals surface area (Å²) in [5, 5.41) is 0. The lowest BCUT2D eigenvalue weighted by molar-refractivity contribution is -0.332. The van der Waals surface area contributed by atoms with Gasteiger partial charge in [-0.15, -0.1) is 0 Å². The Morgan fingerprint density at radius 2 is 1.50 bits per heavy atom. The van der Waals surface area contributed by atoms with Gasteiger partial charge in [0.25, 0.3) is 5.83 Å². The van der Waals surface area contributed by atoms with E-state index >= 15 is 0 Å². The van der Waals surface area contributed by atoms with Gasteiger partial charge in [0.05, 0.1) is 0 Å². The minimum atomic E-state index is -5.73. The number of esters is 1. The van der Waals surface area contributed by atoms with Gasteiger partial charge in [0.15, 0.2) is 6.67 Å². The first-order valence-electron chi connectivity index (χ1n) is 3.31. The smallest absolute Gasteiger partial charge is 0.391 e. The van der Waals surface area contributed by atoms with Crippen LogP contribution in [0.4, 0.5) is 35.1 Å². The van der Waals surface area contributed by atoms with Crippen LogP contribution in [0.5, 0.6) is 0 Å². The Kier molecular flexibility index (Phi) is 4.27. The van der Waals surface area contributed by atoms with Crippen molar-refractivity contribution < 1.29 is 44.7 Å². The van der Waals surface area contributed by atoms with Crippen LogP contribution in [0.2, 0.25) is 0 Å². The zero-order valence-electron chi connectivity index (χ0n) is 7.05. The maximum Gasteiger partial charge on any atom is 0.469 e. The highest BCUT2D eigenvalue weighted by Gasteiger charge is 2.61. The van der Waals surface area contributed by atoms with Gasteiger partial charge < -0.3 is 4.74 Å². The highest BCUT2D eigenvalue weighted by molar-refractivity contribution is 5.86. The minimum absolute atomic E-state index is 2.44. The molecule has 0 spiro atoms. The summed E-state index contributed by atoms with van der Waals surface area (Å²) in [6.45, 7) is -2.92. The number of rotatable bonds is 4. The summed E-state index contributed by atoms with van der Waals surface area (Å²) >= 11 is 0. The second-order valence-corrected chi connectivity index (χ2v) is 2.32. The molecule has 0 saturated carbocycles. The fourth-order valence-corrected chi connectivity index (χ4v) is 0.391. The van der Waals surface area contributed by atoms with Gasteiger partial charge in [-0.25, -0.2) is 9.18 Å². The Labute approximate surface area is 82.5 Å². The largest absolute Gasteiger partial charge is 0.469 e. The number of hydrogen-bond donors (Lipinski definition) is 0. The molecule has 0 fully saturated rings. The molecule has 0 aromatic carbocycles. The molecule has 0 rings (SSSR count). The molecule has 0 bridgehead atoms. The monoisotopic (exact) mass is 258 g/mol. The summed E-state index contributed by atoms with van der Waals surface area (Å²) in [6, 6.07) is 0.